The molecule has 0 aromatic carbocycles. The zero-order valence-electron chi connectivity index (χ0n) is 14.5. The van der Waals surface area contributed by atoms with Gasteiger partial charge in [0.1, 0.15) is 12.4 Å². The number of aryl methyl sites for hydroxylation is 1. The standard InChI is InChI=1S/C17H30N2O2/c1-13-10-15(20-8-9-21-17(5,6)7)14(11-18-13)12-19-16(2,3)4/h10-11,19H,8-9,12H2,1-7H3. The lowest BCUT2D eigenvalue weighted by Crippen LogP contribution is -2.35. The lowest BCUT2D eigenvalue weighted by Gasteiger charge is -2.22. The molecule has 0 aliphatic rings. The zero-order chi connectivity index (χ0) is 16.1. The number of rotatable bonds is 6. The summed E-state index contributed by atoms with van der Waals surface area (Å²) in [6.07, 6.45) is 1.88. The van der Waals surface area contributed by atoms with Gasteiger partial charge >= 0.3 is 0 Å². The molecular weight excluding hydrogens is 264 g/mol. The summed E-state index contributed by atoms with van der Waals surface area (Å²) in [4.78, 5) is 4.36. The molecule has 0 fully saturated rings. The maximum Gasteiger partial charge on any atom is 0.127 e. The van der Waals surface area contributed by atoms with Crippen LogP contribution in [0.4, 0.5) is 0 Å². The topological polar surface area (TPSA) is 43.4 Å². The first-order valence-corrected chi connectivity index (χ1v) is 7.54. The SMILES string of the molecule is Cc1cc(OCCOC(C)(C)C)c(CNC(C)(C)C)cn1. The van der Waals surface area contributed by atoms with Crippen LogP contribution in [0.5, 0.6) is 5.75 Å². The second-order valence-electron chi connectivity index (χ2n) is 7.35. The fourth-order valence-electron chi connectivity index (χ4n) is 1.69. The molecule has 120 valence electrons. The van der Waals surface area contributed by atoms with E-state index < -0.39 is 0 Å². The van der Waals surface area contributed by atoms with E-state index >= 15 is 0 Å². The van der Waals surface area contributed by atoms with Crippen molar-refractivity contribution in [1.82, 2.24) is 10.3 Å². The van der Waals surface area contributed by atoms with E-state index in [1.54, 1.807) is 0 Å². The summed E-state index contributed by atoms with van der Waals surface area (Å²) in [5.41, 5.74) is 1.97. The third kappa shape index (κ3) is 8.02. The van der Waals surface area contributed by atoms with Crippen LogP contribution < -0.4 is 10.1 Å². The normalized spacial score (nSPS) is 12.5. The van der Waals surface area contributed by atoms with E-state index in [0.29, 0.717) is 13.2 Å². The molecule has 0 saturated carbocycles. The first kappa shape index (κ1) is 17.9. The Morgan fingerprint density at radius 3 is 2.33 bits per heavy atom. The van der Waals surface area contributed by atoms with Crippen LogP contribution in [-0.4, -0.2) is 29.3 Å². The Labute approximate surface area is 129 Å². The van der Waals surface area contributed by atoms with E-state index in [9.17, 15) is 0 Å². The lowest BCUT2D eigenvalue weighted by atomic mass is 10.1. The predicted octanol–water partition coefficient (Wildman–Crippen LogP) is 3.47. The number of nitrogens with zero attached hydrogens (tertiary/aromatic N) is 1. The van der Waals surface area contributed by atoms with Crippen molar-refractivity contribution in [3.63, 3.8) is 0 Å². The minimum atomic E-state index is -0.131. The molecule has 0 spiro atoms. The summed E-state index contributed by atoms with van der Waals surface area (Å²) in [7, 11) is 0. The molecule has 0 aliphatic carbocycles. The highest BCUT2D eigenvalue weighted by molar-refractivity contribution is 5.32. The van der Waals surface area contributed by atoms with Gasteiger partial charge in [0.05, 0.1) is 12.2 Å². The smallest absolute Gasteiger partial charge is 0.127 e. The molecule has 4 nitrogen and oxygen atoms in total. The van der Waals surface area contributed by atoms with Crippen LogP contribution in [0.3, 0.4) is 0 Å². The fourth-order valence-corrected chi connectivity index (χ4v) is 1.69. The van der Waals surface area contributed by atoms with E-state index in [-0.39, 0.29) is 11.1 Å². The molecule has 1 aromatic heterocycles. The predicted molar refractivity (Wildman–Crippen MR) is 86.8 cm³/mol. The van der Waals surface area contributed by atoms with E-state index in [4.69, 9.17) is 9.47 Å². The number of aromatic nitrogens is 1. The molecule has 0 unspecified atom stereocenters. The maximum atomic E-state index is 5.87. The van der Waals surface area contributed by atoms with Gasteiger partial charge in [-0.15, -0.1) is 0 Å². The monoisotopic (exact) mass is 294 g/mol. The maximum absolute atomic E-state index is 5.87. The fraction of sp³-hybridized carbons (Fsp3) is 0.706. The van der Waals surface area contributed by atoms with Crippen LogP contribution >= 0.6 is 0 Å². The highest BCUT2D eigenvalue weighted by atomic mass is 16.5. The molecule has 1 aromatic rings. The Hall–Kier alpha value is -1.13. The summed E-state index contributed by atoms with van der Waals surface area (Å²) >= 11 is 0. The van der Waals surface area contributed by atoms with Gasteiger partial charge in [-0.25, -0.2) is 0 Å². The van der Waals surface area contributed by atoms with Gasteiger partial charge in [-0.1, -0.05) is 0 Å². The second kappa shape index (κ2) is 7.23. The Morgan fingerprint density at radius 1 is 1.10 bits per heavy atom. The van der Waals surface area contributed by atoms with Crippen molar-refractivity contribution in [1.29, 1.82) is 0 Å². The largest absolute Gasteiger partial charge is 0.491 e. The molecule has 1 heterocycles. The Morgan fingerprint density at radius 2 is 1.76 bits per heavy atom. The van der Waals surface area contributed by atoms with Crippen molar-refractivity contribution in [3.8, 4) is 5.75 Å². The van der Waals surface area contributed by atoms with Gasteiger partial charge in [0.15, 0.2) is 0 Å². The van der Waals surface area contributed by atoms with Crippen LogP contribution in [0.1, 0.15) is 52.8 Å². The Bertz CT molecular complexity index is 445. The van der Waals surface area contributed by atoms with E-state index in [2.05, 4.69) is 31.1 Å². The number of pyridine rings is 1. The van der Waals surface area contributed by atoms with Crippen molar-refractivity contribution in [2.75, 3.05) is 13.2 Å². The molecule has 4 heteroatoms. The van der Waals surface area contributed by atoms with E-state index in [1.165, 1.54) is 0 Å². The first-order chi connectivity index (χ1) is 9.57. The highest BCUT2D eigenvalue weighted by Crippen LogP contribution is 2.19. The van der Waals surface area contributed by atoms with Gasteiger partial charge in [-0.05, 0) is 48.5 Å². The minimum absolute atomic E-state index is 0.0670. The third-order valence-corrected chi connectivity index (χ3v) is 2.77. The summed E-state index contributed by atoms with van der Waals surface area (Å²) in [5, 5.41) is 3.46. The summed E-state index contributed by atoms with van der Waals surface area (Å²) in [5.74, 6) is 0.886. The van der Waals surface area contributed by atoms with Crippen molar-refractivity contribution in [3.05, 3.63) is 23.5 Å². The molecule has 21 heavy (non-hydrogen) atoms. The Balaban J connectivity index is 2.60. The number of nitrogens with one attached hydrogen (secondary N) is 1. The molecule has 0 aliphatic heterocycles. The molecule has 0 radical (unpaired) electrons. The lowest BCUT2D eigenvalue weighted by molar-refractivity contribution is -0.0164. The molecule has 0 saturated heterocycles. The van der Waals surface area contributed by atoms with Crippen LogP contribution in [0, 0.1) is 6.92 Å². The zero-order valence-corrected chi connectivity index (χ0v) is 14.5. The highest BCUT2D eigenvalue weighted by Gasteiger charge is 2.13. The Kier molecular flexibility index (Phi) is 6.17. The van der Waals surface area contributed by atoms with Gasteiger partial charge in [0, 0.05) is 35.6 Å². The van der Waals surface area contributed by atoms with Gasteiger partial charge in [-0.2, -0.15) is 0 Å². The third-order valence-electron chi connectivity index (χ3n) is 2.77. The van der Waals surface area contributed by atoms with E-state index in [1.807, 2.05) is 40.0 Å². The number of ether oxygens (including phenoxy) is 2. The molecule has 0 bridgehead atoms. The van der Waals surface area contributed by atoms with Crippen molar-refractivity contribution < 1.29 is 9.47 Å². The average Bonchev–Trinajstić information content (AvgIpc) is 2.31. The molecular formula is C17H30N2O2. The van der Waals surface area contributed by atoms with Crippen LogP contribution in [0.25, 0.3) is 0 Å². The van der Waals surface area contributed by atoms with Gasteiger partial charge in [0.2, 0.25) is 0 Å². The van der Waals surface area contributed by atoms with Crippen molar-refractivity contribution >= 4 is 0 Å². The average molecular weight is 294 g/mol. The van der Waals surface area contributed by atoms with Crippen molar-refractivity contribution in [2.45, 2.75) is 66.2 Å². The summed E-state index contributed by atoms with van der Waals surface area (Å²) in [6.45, 7) is 16.4. The summed E-state index contributed by atoms with van der Waals surface area (Å²) < 4.78 is 11.6. The van der Waals surface area contributed by atoms with Crippen LogP contribution in [0.15, 0.2) is 12.3 Å². The molecule has 0 atom stereocenters. The summed E-state index contributed by atoms with van der Waals surface area (Å²) in [6, 6.07) is 1.98. The number of hydrogen-bond acceptors (Lipinski definition) is 4. The molecule has 0 amide bonds. The molecule has 1 N–H and O–H groups in total. The molecule has 1 rings (SSSR count). The van der Waals surface area contributed by atoms with Gasteiger partial charge < -0.3 is 14.8 Å². The van der Waals surface area contributed by atoms with Crippen LogP contribution in [0.2, 0.25) is 0 Å². The first-order valence-electron chi connectivity index (χ1n) is 7.54. The minimum Gasteiger partial charge on any atom is -0.491 e. The second-order valence-corrected chi connectivity index (χ2v) is 7.35. The van der Waals surface area contributed by atoms with Crippen molar-refractivity contribution in [2.24, 2.45) is 0 Å². The quantitative estimate of drug-likeness (QED) is 0.816. The number of hydrogen-bond donors (Lipinski definition) is 1. The van der Waals surface area contributed by atoms with E-state index in [0.717, 1.165) is 23.6 Å². The van der Waals surface area contributed by atoms with Crippen LogP contribution in [-0.2, 0) is 11.3 Å². The van der Waals surface area contributed by atoms with Gasteiger partial charge in [-0.3, -0.25) is 4.98 Å². The van der Waals surface area contributed by atoms with Gasteiger partial charge in [0.25, 0.3) is 0 Å².